The maximum absolute atomic E-state index is 10.5. The van der Waals surface area contributed by atoms with E-state index in [1.54, 1.807) is 6.07 Å². The Morgan fingerprint density at radius 1 is 1.25 bits per heavy atom. The Morgan fingerprint density at radius 3 is 2.08 bits per heavy atom. The first-order chi connectivity index (χ1) is 5.02. The number of benzene rings is 1. The van der Waals surface area contributed by atoms with Gasteiger partial charge in [-0.2, -0.15) is 8.42 Å². The fourth-order valence-electron chi connectivity index (χ4n) is 0.715. The van der Waals surface area contributed by atoms with Gasteiger partial charge in [-0.25, -0.2) is 0 Å². The maximum atomic E-state index is 10.5. The van der Waals surface area contributed by atoms with Gasteiger partial charge in [0, 0.05) is 0 Å². The van der Waals surface area contributed by atoms with Gasteiger partial charge in [0.1, 0.15) is 4.90 Å². The van der Waals surface area contributed by atoms with Gasteiger partial charge in [0.15, 0.2) is 0 Å². The number of hydrogen-bond acceptors (Lipinski definition) is 3. The standard InChI is InChI=1S/C6H7NO3S.H2O/c7-5-3-1-2-4-6(5)11(8,9)10;/h1-4H,7H2,(H,8,9,10);1H2. The van der Waals surface area contributed by atoms with Gasteiger partial charge in [-0.3, -0.25) is 4.55 Å². The molecule has 0 aliphatic rings. The minimum atomic E-state index is -4.16. The molecule has 12 heavy (non-hydrogen) atoms. The second kappa shape index (κ2) is 3.53. The highest BCUT2D eigenvalue weighted by Crippen LogP contribution is 2.15. The van der Waals surface area contributed by atoms with Crippen molar-refractivity contribution in [3.05, 3.63) is 24.3 Å². The largest absolute Gasteiger partial charge is 0.412 e. The normalized spacial score (nSPS) is 10.4. The fourth-order valence-corrected chi connectivity index (χ4v) is 1.33. The molecule has 68 valence electrons. The lowest BCUT2D eigenvalue weighted by Crippen LogP contribution is -2.01. The van der Waals surface area contributed by atoms with Crippen LogP contribution in [0.1, 0.15) is 0 Å². The molecule has 6 heteroatoms. The van der Waals surface area contributed by atoms with Crippen LogP contribution >= 0.6 is 0 Å². The predicted octanol–water partition coefficient (Wildman–Crippen LogP) is -0.309. The summed E-state index contributed by atoms with van der Waals surface area (Å²) in [6.07, 6.45) is 0. The van der Waals surface area contributed by atoms with Crippen molar-refractivity contribution in [2.45, 2.75) is 4.90 Å². The molecule has 5 nitrogen and oxygen atoms in total. The van der Waals surface area contributed by atoms with Crippen molar-refractivity contribution in [2.75, 3.05) is 5.73 Å². The summed E-state index contributed by atoms with van der Waals surface area (Å²) in [6.45, 7) is 0. The molecule has 0 fully saturated rings. The van der Waals surface area contributed by atoms with Crippen molar-refractivity contribution in [2.24, 2.45) is 0 Å². The summed E-state index contributed by atoms with van der Waals surface area (Å²) in [4.78, 5) is -0.250. The first-order valence-corrected chi connectivity index (χ1v) is 4.28. The molecule has 0 aliphatic carbocycles. The van der Waals surface area contributed by atoms with E-state index in [0.717, 1.165) is 0 Å². The molecule has 0 aromatic heterocycles. The lowest BCUT2D eigenvalue weighted by Gasteiger charge is -1.98. The molecule has 0 unspecified atom stereocenters. The summed E-state index contributed by atoms with van der Waals surface area (Å²) in [7, 11) is -4.16. The number of anilines is 1. The van der Waals surface area contributed by atoms with E-state index in [1.807, 2.05) is 0 Å². The van der Waals surface area contributed by atoms with E-state index in [1.165, 1.54) is 18.2 Å². The molecule has 1 aromatic carbocycles. The highest BCUT2D eigenvalue weighted by atomic mass is 32.2. The van der Waals surface area contributed by atoms with Gasteiger partial charge in [-0.1, -0.05) is 12.1 Å². The Balaban J connectivity index is 0.00000121. The number of nitrogens with two attached hydrogens (primary N) is 1. The van der Waals surface area contributed by atoms with Crippen molar-refractivity contribution in [1.82, 2.24) is 0 Å². The monoisotopic (exact) mass is 191 g/mol. The van der Waals surface area contributed by atoms with Crippen LogP contribution in [-0.2, 0) is 10.1 Å². The lowest BCUT2D eigenvalue weighted by atomic mass is 10.3. The zero-order chi connectivity index (χ0) is 8.48. The van der Waals surface area contributed by atoms with Gasteiger partial charge in [0.05, 0.1) is 5.69 Å². The quantitative estimate of drug-likeness (QED) is 0.468. The van der Waals surface area contributed by atoms with Gasteiger partial charge in [-0.05, 0) is 12.1 Å². The van der Waals surface area contributed by atoms with E-state index in [4.69, 9.17) is 10.3 Å². The second-order valence-electron chi connectivity index (χ2n) is 2.01. The Bertz CT molecular complexity index is 360. The lowest BCUT2D eigenvalue weighted by molar-refractivity contribution is 0.483. The summed E-state index contributed by atoms with van der Waals surface area (Å²) in [5.41, 5.74) is 5.32. The third-order valence-electron chi connectivity index (χ3n) is 1.20. The second-order valence-corrected chi connectivity index (χ2v) is 3.40. The Morgan fingerprint density at radius 2 is 1.75 bits per heavy atom. The third-order valence-corrected chi connectivity index (χ3v) is 2.12. The topological polar surface area (TPSA) is 112 Å². The van der Waals surface area contributed by atoms with Crippen molar-refractivity contribution < 1.29 is 18.4 Å². The van der Waals surface area contributed by atoms with Crippen molar-refractivity contribution >= 4 is 15.8 Å². The highest BCUT2D eigenvalue weighted by molar-refractivity contribution is 7.86. The molecule has 1 aromatic rings. The smallest absolute Gasteiger partial charge is 0.296 e. The van der Waals surface area contributed by atoms with Crippen LogP contribution in [0.15, 0.2) is 29.2 Å². The Labute approximate surface area is 69.9 Å². The van der Waals surface area contributed by atoms with Gasteiger partial charge in [-0.15, -0.1) is 0 Å². The Hall–Kier alpha value is -1.11. The first-order valence-electron chi connectivity index (χ1n) is 2.84. The number of rotatable bonds is 1. The van der Waals surface area contributed by atoms with E-state index in [9.17, 15) is 8.42 Å². The van der Waals surface area contributed by atoms with Crippen molar-refractivity contribution in [3.63, 3.8) is 0 Å². The number of para-hydroxylation sites is 1. The van der Waals surface area contributed by atoms with E-state index >= 15 is 0 Å². The van der Waals surface area contributed by atoms with Crippen LogP contribution in [0.25, 0.3) is 0 Å². The van der Waals surface area contributed by atoms with Crippen LogP contribution in [0.3, 0.4) is 0 Å². The minimum Gasteiger partial charge on any atom is -0.412 e. The van der Waals surface area contributed by atoms with Crippen LogP contribution in [0.4, 0.5) is 5.69 Å². The molecule has 0 saturated carbocycles. The summed E-state index contributed by atoms with van der Waals surface area (Å²) >= 11 is 0. The van der Waals surface area contributed by atoms with E-state index in [2.05, 4.69) is 0 Å². The summed E-state index contributed by atoms with van der Waals surface area (Å²) < 4.78 is 29.6. The molecule has 0 aliphatic heterocycles. The zero-order valence-electron chi connectivity index (χ0n) is 6.06. The molecule has 0 amide bonds. The predicted molar refractivity (Wildman–Crippen MR) is 44.3 cm³/mol. The van der Waals surface area contributed by atoms with Crippen molar-refractivity contribution in [1.29, 1.82) is 0 Å². The van der Waals surface area contributed by atoms with Crippen LogP contribution < -0.4 is 5.73 Å². The van der Waals surface area contributed by atoms with Crippen molar-refractivity contribution in [3.8, 4) is 0 Å². The average Bonchev–Trinajstić information content (AvgIpc) is 1.86. The molecule has 0 atom stereocenters. The fraction of sp³-hybridized carbons (Fsp3) is 0. The maximum Gasteiger partial charge on any atom is 0.296 e. The summed E-state index contributed by atoms with van der Waals surface area (Å²) in [6, 6.07) is 5.72. The van der Waals surface area contributed by atoms with Gasteiger partial charge >= 0.3 is 0 Å². The van der Waals surface area contributed by atoms with Gasteiger partial charge < -0.3 is 11.2 Å². The van der Waals surface area contributed by atoms with Crippen LogP contribution in [0, 0.1) is 0 Å². The minimum absolute atomic E-state index is 0. The Kier molecular flexibility index (Phi) is 3.20. The molecule has 0 spiro atoms. The summed E-state index contributed by atoms with van der Waals surface area (Å²) in [5.74, 6) is 0. The molecule has 0 heterocycles. The van der Waals surface area contributed by atoms with E-state index in [-0.39, 0.29) is 16.1 Å². The van der Waals surface area contributed by atoms with Crippen LogP contribution in [0.5, 0.6) is 0 Å². The van der Waals surface area contributed by atoms with E-state index in [0.29, 0.717) is 0 Å². The molecular formula is C6H9NO4S. The van der Waals surface area contributed by atoms with Crippen LogP contribution in [0.2, 0.25) is 0 Å². The number of hydrogen-bond donors (Lipinski definition) is 2. The van der Waals surface area contributed by atoms with Crippen LogP contribution in [-0.4, -0.2) is 18.4 Å². The highest BCUT2D eigenvalue weighted by Gasteiger charge is 2.11. The average molecular weight is 191 g/mol. The number of nitrogen functional groups attached to an aromatic ring is 1. The van der Waals surface area contributed by atoms with Gasteiger partial charge in [0.25, 0.3) is 10.1 Å². The third kappa shape index (κ3) is 2.19. The molecule has 0 radical (unpaired) electrons. The van der Waals surface area contributed by atoms with Gasteiger partial charge in [0.2, 0.25) is 0 Å². The zero-order valence-corrected chi connectivity index (χ0v) is 6.88. The SMILES string of the molecule is Nc1ccccc1S(=O)(=O)O.O. The molecular weight excluding hydrogens is 182 g/mol. The molecule has 0 saturated heterocycles. The molecule has 1 rings (SSSR count). The van der Waals surface area contributed by atoms with E-state index < -0.39 is 10.1 Å². The molecule has 5 N–H and O–H groups in total. The summed E-state index contributed by atoms with van der Waals surface area (Å²) in [5, 5.41) is 0. The first kappa shape index (κ1) is 10.9. The molecule has 0 bridgehead atoms.